The van der Waals surface area contributed by atoms with Crippen LogP contribution in [0, 0.1) is 5.82 Å². The number of hydrogen-bond donors (Lipinski definition) is 3. The number of nitrogens with one attached hydrogen (secondary N) is 2. The predicted octanol–water partition coefficient (Wildman–Crippen LogP) is 2.93. The molecule has 4 aromatic rings. The number of aromatic amines is 1. The molecule has 2 aromatic heterocycles. The third-order valence-electron chi connectivity index (χ3n) is 4.33. The van der Waals surface area contributed by atoms with Crippen molar-refractivity contribution < 1.29 is 13.9 Å². The fraction of sp³-hybridized carbons (Fsp3) is 0.100. The maximum Gasteiger partial charge on any atom is 0.234 e. The number of rotatable bonds is 7. The van der Waals surface area contributed by atoms with Crippen LogP contribution in [0.15, 0.2) is 59.8 Å². The summed E-state index contributed by atoms with van der Waals surface area (Å²) >= 11 is 1.13. The summed E-state index contributed by atoms with van der Waals surface area (Å²) in [6.45, 7) is 0. The fourth-order valence-corrected chi connectivity index (χ4v) is 3.42. The highest BCUT2D eigenvalue weighted by Gasteiger charge is 2.16. The molecule has 0 aliphatic rings. The molecule has 0 unspecified atom stereocenters. The number of nitrogen functional groups attached to an aromatic ring is 1. The quantitative estimate of drug-likeness (QED) is 0.299. The molecule has 0 spiro atoms. The van der Waals surface area contributed by atoms with Gasteiger partial charge in [0.25, 0.3) is 0 Å². The molecule has 4 rings (SSSR count). The van der Waals surface area contributed by atoms with Gasteiger partial charge in [-0.25, -0.2) is 9.07 Å². The molecule has 2 heterocycles. The van der Waals surface area contributed by atoms with Crippen LogP contribution in [0.5, 0.6) is 5.75 Å². The lowest BCUT2D eigenvalue weighted by atomic mass is 10.1. The molecule has 0 saturated heterocycles. The number of nitrogens with two attached hydrogens (primary N) is 1. The Labute approximate surface area is 180 Å². The Morgan fingerprint density at radius 2 is 1.94 bits per heavy atom. The minimum atomic E-state index is -0.370. The molecule has 0 atom stereocenters. The summed E-state index contributed by atoms with van der Waals surface area (Å²) in [5, 5.41) is 18.4. The number of anilines is 1. The first-order chi connectivity index (χ1) is 15.0. The van der Waals surface area contributed by atoms with E-state index in [1.54, 1.807) is 7.11 Å². The van der Waals surface area contributed by atoms with Crippen LogP contribution in [0.25, 0.3) is 22.8 Å². The van der Waals surface area contributed by atoms with Gasteiger partial charge in [0.2, 0.25) is 16.9 Å². The molecule has 4 N–H and O–H groups in total. The molecular formula is C20H18FN7O2S. The van der Waals surface area contributed by atoms with Gasteiger partial charge < -0.3 is 15.9 Å². The number of H-pyrrole nitrogens is 1. The zero-order valence-corrected chi connectivity index (χ0v) is 17.2. The number of ether oxygens (including phenoxy) is 1. The monoisotopic (exact) mass is 439 g/mol. The number of amides is 1. The summed E-state index contributed by atoms with van der Waals surface area (Å²) in [7, 11) is 1.61. The normalized spacial score (nSPS) is 10.8. The molecule has 158 valence electrons. The summed E-state index contributed by atoms with van der Waals surface area (Å²) in [5.41, 5.74) is 2.71. The maximum atomic E-state index is 12.9. The number of aromatic nitrogens is 5. The van der Waals surface area contributed by atoms with E-state index < -0.39 is 0 Å². The second-order valence-electron chi connectivity index (χ2n) is 6.42. The van der Waals surface area contributed by atoms with Crippen molar-refractivity contribution >= 4 is 23.4 Å². The van der Waals surface area contributed by atoms with Crippen LogP contribution in [0.3, 0.4) is 0 Å². The van der Waals surface area contributed by atoms with Crippen LogP contribution in [0.4, 0.5) is 10.1 Å². The summed E-state index contributed by atoms with van der Waals surface area (Å²) in [6, 6.07) is 14.8. The topological polar surface area (TPSA) is 124 Å². The number of methoxy groups -OCH3 is 1. The van der Waals surface area contributed by atoms with Crippen LogP contribution >= 0.6 is 11.8 Å². The molecule has 0 bridgehead atoms. The number of carbonyl (C=O) groups is 1. The summed E-state index contributed by atoms with van der Waals surface area (Å²) in [5.74, 6) is 6.67. The van der Waals surface area contributed by atoms with Gasteiger partial charge in [-0.05, 0) is 54.6 Å². The van der Waals surface area contributed by atoms with Crippen LogP contribution in [-0.2, 0) is 4.79 Å². The van der Waals surface area contributed by atoms with Gasteiger partial charge in [0, 0.05) is 11.3 Å². The molecule has 31 heavy (non-hydrogen) atoms. The van der Waals surface area contributed by atoms with Gasteiger partial charge in [-0.3, -0.25) is 9.89 Å². The molecule has 0 radical (unpaired) electrons. The lowest BCUT2D eigenvalue weighted by Gasteiger charge is -2.05. The molecule has 0 aliphatic carbocycles. The zero-order chi connectivity index (χ0) is 21.8. The van der Waals surface area contributed by atoms with Gasteiger partial charge in [0.15, 0.2) is 0 Å². The maximum absolute atomic E-state index is 12.9. The molecule has 0 aliphatic heterocycles. The van der Waals surface area contributed by atoms with E-state index >= 15 is 0 Å². The Bertz CT molecular complexity index is 1190. The summed E-state index contributed by atoms with van der Waals surface area (Å²) in [4.78, 5) is 12.1. The van der Waals surface area contributed by atoms with Crippen molar-refractivity contribution in [3.63, 3.8) is 0 Å². The lowest BCUT2D eigenvalue weighted by Crippen LogP contribution is -2.16. The van der Waals surface area contributed by atoms with Crippen molar-refractivity contribution in [2.45, 2.75) is 5.16 Å². The Morgan fingerprint density at radius 3 is 2.65 bits per heavy atom. The highest BCUT2D eigenvalue weighted by molar-refractivity contribution is 7.99. The molecule has 1 amide bonds. The number of nitrogens with zero attached hydrogens (tertiary/aromatic N) is 4. The van der Waals surface area contributed by atoms with Crippen LogP contribution < -0.4 is 15.9 Å². The molecule has 2 aromatic carbocycles. The standard InChI is InChI=1S/C20H18FN7O2S/c1-30-15-8-2-12(3-9-15)16-10-17(25-24-16)19-26-27-20(28(19)22)31-11-18(29)23-14-6-4-13(21)5-7-14/h2-10H,11,22H2,1H3,(H,23,29)(H,24,25). The smallest absolute Gasteiger partial charge is 0.234 e. The van der Waals surface area contributed by atoms with Crippen LogP contribution in [-0.4, -0.2) is 43.8 Å². The number of thioether (sulfide) groups is 1. The molecular weight excluding hydrogens is 421 g/mol. The van der Waals surface area contributed by atoms with Gasteiger partial charge in [0.1, 0.15) is 17.3 Å². The lowest BCUT2D eigenvalue weighted by molar-refractivity contribution is -0.113. The van der Waals surface area contributed by atoms with Crippen molar-refractivity contribution in [2.75, 3.05) is 24.0 Å². The first-order valence-electron chi connectivity index (χ1n) is 9.12. The Kier molecular flexibility index (Phi) is 5.85. The van der Waals surface area contributed by atoms with E-state index in [2.05, 4.69) is 25.7 Å². The van der Waals surface area contributed by atoms with Crippen LogP contribution in [0.2, 0.25) is 0 Å². The van der Waals surface area contributed by atoms with E-state index in [0.717, 1.165) is 23.1 Å². The highest BCUT2D eigenvalue weighted by Crippen LogP contribution is 2.26. The van der Waals surface area contributed by atoms with E-state index in [9.17, 15) is 9.18 Å². The predicted molar refractivity (Wildman–Crippen MR) is 115 cm³/mol. The van der Waals surface area contributed by atoms with Crippen molar-refractivity contribution in [1.82, 2.24) is 25.1 Å². The van der Waals surface area contributed by atoms with E-state index in [-0.39, 0.29) is 17.5 Å². The average Bonchev–Trinajstić information content (AvgIpc) is 3.41. The first kappa shape index (κ1) is 20.4. The minimum absolute atomic E-state index is 0.0623. The van der Waals surface area contributed by atoms with E-state index in [1.165, 1.54) is 28.9 Å². The summed E-state index contributed by atoms with van der Waals surface area (Å²) in [6.07, 6.45) is 0. The SMILES string of the molecule is COc1ccc(-c2cc(-c3nnc(SCC(=O)Nc4ccc(F)cc4)n3N)[nH]n2)cc1. The molecule has 0 saturated carbocycles. The van der Waals surface area contributed by atoms with Gasteiger partial charge in [0.05, 0.1) is 18.6 Å². The third kappa shape index (κ3) is 4.67. The van der Waals surface area contributed by atoms with Crippen molar-refractivity contribution in [3.05, 3.63) is 60.4 Å². The number of hydrogen-bond acceptors (Lipinski definition) is 7. The fourth-order valence-electron chi connectivity index (χ4n) is 2.77. The van der Waals surface area contributed by atoms with Gasteiger partial charge >= 0.3 is 0 Å². The van der Waals surface area contributed by atoms with Gasteiger partial charge in [-0.1, -0.05) is 11.8 Å². The largest absolute Gasteiger partial charge is 0.497 e. The number of halogens is 1. The van der Waals surface area contributed by atoms with Gasteiger partial charge in [-0.15, -0.1) is 10.2 Å². The van der Waals surface area contributed by atoms with Gasteiger partial charge in [-0.2, -0.15) is 5.10 Å². The van der Waals surface area contributed by atoms with Crippen molar-refractivity contribution in [1.29, 1.82) is 0 Å². The molecule has 11 heteroatoms. The van der Waals surface area contributed by atoms with E-state index in [1.807, 2.05) is 30.3 Å². The Balaban J connectivity index is 1.41. The molecule has 9 nitrogen and oxygen atoms in total. The second kappa shape index (κ2) is 8.88. The average molecular weight is 439 g/mol. The highest BCUT2D eigenvalue weighted by atomic mass is 32.2. The molecule has 0 fully saturated rings. The minimum Gasteiger partial charge on any atom is -0.497 e. The Hall–Kier alpha value is -3.86. The summed E-state index contributed by atoms with van der Waals surface area (Å²) < 4.78 is 19.4. The van der Waals surface area contributed by atoms with Crippen molar-refractivity contribution in [3.8, 4) is 28.5 Å². The third-order valence-corrected chi connectivity index (χ3v) is 5.27. The first-order valence-corrected chi connectivity index (χ1v) is 10.1. The van der Waals surface area contributed by atoms with Crippen molar-refractivity contribution in [2.24, 2.45) is 0 Å². The second-order valence-corrected chi connectivity index (χ2v) is 7.36. The Morgan fingerprint density at radius 1 is 1.19 bits per heavy atom. The van der Waals surface area contributed by atoms with Crippen LogP contribution in [0.1, 0.15) is 0 Å². The van der Waals surface area contributed by atoms with E-state index in [0.29, 0.717) is 28.1 Å². The zero-order valence-electron chi connectivity index (χ0n) is 16.4. The number of benzene rings is 2. The van der Waals surface area contributed by atoms with E-state index in [4.69, 9.17) is 10.6 Å². The number of carbonyl (C=O) groups excluding carboxylic acids is 1.